The Morgan fingerprint density at radius 3 is 2.86 bits per heavy atom. The standard InChI is InChI=1S/C14H20N4O3/c1-16(2)9-10-5-4-8-17(10)14(19)11-6-3-7-12(13(11)15)18(20)21/h3,6-7,10H,4-5,8-9,15H2,1-2H3. The molecule has 0 spiro atoms. The van der Waals surface area contributed by atoms with Crippen molar-refractivity contribution in [1.29, 1.82) is 0 Å². The van der Waals surface area contributed by atoms with Gasteiger partial charge in [-0.1, -0.05) is 6.07 Å². The largest absolute Gasteiger partial charge is 0.393 e. The molecule has 114 valence electrons. The molecule has 1 heterocycles. The maximum absolute atomic E-state index is 12.6. The number of anilines is 1. The number of amides is 1. The Labute approximate surface area is 123 Å². The van der Waals surface area contributed by atoms with Crippen molar-refractivity contribution in [3.05, 3.63) is 33.9 Å². The summed E-state index contributed by atoms with van der Waals surface area (Å²) in [4.78, 5) is 26.8. The van der Waals surface area contributed by atoms with Crippen molar-refractivity contribution in [2.75, 3.05) is 32.9 Å². The van der Waals surface area contributed by atoms with Crippen LogP contribution in [0.4, 0.5) is 11.4 Å². The Morgan fingerprint density at radius 1 is 1.52 bits per heavy atom. The van der Waals surface area contributed by atoms with Gasteiger partial charge in [-0.05, 0) is 33.0 Å². The van der Waals surface area contributed by atoms with Gasteiger partial charge in [-0.25, -0.2) is 0 Å². The molecule has 1 aliphatic heterocycles. The zero-order valence-corrected chi connectivity index (χ0v) is 12.3. The number of nitro groups is 1. The third-order valence-electron chi connectivity index (χ3n) is 3.72. The summed E-state index contributed by atoms with van der Waals surface area (Å²) >= 11 is 0. The van der Waals surface area contributed by atoms with Gasteiger partial charge in [-0.15, -0.1) is 0 Å². The molecular weight excluding hydrogens is 272 g/mol. The quantitative estimate of drug-likeness (QED) is 0.513. The van der Waals surface area contributed by atoms with Crippen molar-refractivity contribution in [2.45, 2.75) is 18.9 Å². The number of nitro benzene ring substituents is 1. The maximum Gasteiger partial charge on any atom is 0.292 e. The van der Waals surface area contributed by atoms with Crippen LogP contribution < -0.4 is 5.73 Å². The van der Waals surface area contributed by atoms with E-state index in [1.165, 1.54) is 12.1 Å². The van der Waals surface area contributed by atoms with Gasteiger partial charge in [0.05, 0.1) is 10.5 Å². The van der Waals surface area contributed by atoms with Crippen LogP contribution in [0.25, 0.3) is 0 Å². The van der Waals surface area contributed by atoms with E-state index >= 15 is 0 Å². The molecule has 2 rings (SSSR count). The molecule has 0 aliphatic carbocycles. The molecule has 1 atom stereocenters. The lowest BCUT2D eigenvalue weighted by atomic mass is 10.1. The second-order valence-corrected chi connectivity index (χ2v) is 5.55. The zero-order valence-electron chi connectivity index (χ0n) is 12.3. The van der Waals surface area contributed by atoms with Crippen LogP contribution in [-0.2, 0) is 0 Å². The van der Waals surface area contributed by atoms with E-state index in [4.69, 9.17) is 5.73 Å². The van der Waals surface area contributed by atoms with Gasteiger partial charge in [-0.3, -0.25) is 14.9 Å². The van der Waals surface area contributed by atoms with Gasteiger partial charge < -0.3 is 15.5 Å². The van der Waals surface area contributed by atoms with Gasteiger partial charge >= 0.3 is 0 Å². The number of rotatable bonds is 4. The number of hydrogen-bond acceptors (Lipinski definition) is 5. The minimum absolute atomic E-state index is 0.0528. The van der Waals surface area contributed by atoms with Crippen LogP contribution in [0.1, 0.15) is 23.2 Å². The zero-order chi connectivity index (χ0) is 15.6. The van der Waals surface area contributed by atoms with E-state index in [1.807, 2.05) is 19.0 Å². The summed E-state index contributed by atoms with van der Waals surface area (Å²) in [5, 5.41) is 10.9. The lowest BCUT2D eigenvalue weighted by Gasteiger charge is -2.27. The van der Waals surface area contributed by atoms with Crippen LogP contribution >= 0.6 is 0 Å². The van der Waals surface area contributed by atoms with E-state index in [1.54, 1.807) is 11.0 Å². The highest BCUT2D eigenvalue weighted by Crippen LogP contribution is 2.28. The fourth-order valence-corrected chi connectivity index (χ4v) is 2.77. The number of nitrogens with two attached hydrogens (primary N) is 1. The second-order valence-electron chi connectivity index (χ2n) is 5.55. The Kier molecular flexibility index (Phi) is 4.42. The number of carbonyl (C=O) groups is 1. The lowest BCUT2D eigenvalue weighted by Crippen LogP contribution is -2.41. The van der Waals surface area contributed by atoms with E-state index in [0.717, 1.165) is 19.4 Å². The number of nitrogen functional groups attached to an aromatic ring is 1. The summed E-state index contributed by atoms with van der Waals surface area (Å²) < 4.78 is 0. The van der Waals surface area contributed by atoms with Gasteiger partial charge in [0.1, 0.15) is 5.69 Å². The molecule has 1 unspecified atom stereocenters. The topological polar surface area (TPSA) is 92.7 Å². The molecule has 7 heteroatoms. The van der Waals surface area contributed by atoms with Crippen LogP contribution in [0.3, 0.4) is 0 Å². The van der Waals surface area contributed by atoms with E-state index in [-0.39, 0.29) is 28.9 Å². The molecule has 0 aromatic heterocycles. The van der Waals surface area contributed by atoms with Crippen LogP contribution in [-0.4, -0.2) is 53.9 Å². The molecule has 2 N–H and O–H groups in total. The Bertz CT molecular complexity index is 559. The molecule has 21 heavy (non-hydrogen) atoms. The fourth-order valence-electron chi connectivity index (χ4n) is 2.77. The van der Waals surface area contributed by atoms with Crippen LogP contribution in [0.15, 0.2) is 18.2 Å². The summed E-state index contributed by atoms with van der Waals surface area (Å²) in [6.45, 7) is 1.44. The van der Waals surface area contributed by atoms with E-state index < -0.39 is 4.92 Å². The van der Waals surface area contributed by atoms with Crippen molar-refractivity contribution < 1.29 is 9.72 Å². The number of carbonyl (C=O) groups excluding carboxylic acids is 1. The molecular formula is C14H20N4O3. The highest BCUT2D eigenvalue weighted by Gasteiger charge is 2.31. The van der Waals surface area contributed by atoms with Gasteiger partial charge in [0, 0.05) is 25.2 Å². The normalized spacial score (nSPS) is 18.2. The number of nitrogens with zero attached hydrogens (tertiary/aromatic N) is 3. The van der Waals surface area contributed by atoms with Gasteiger partial charge in [0.15, 0.2) is 0 Å². The molecule has 0 saturated carbocycles. The Morgan fingerprint density at radius 2 is 2.24 bits per heavy atom. The van der Waals surface area contributed by atoms with E-state index in [2.05, 4.69) is 0 Å². The molecule has 1 aliphatic rings. The van der Waals surface area contributed by atoms with Crippen molar-refractivity contribution in [2.24, 2.45) is 0 Å². The Hall–Kier alpha value is -2.15. The SMILES string of the molecule is CN(C)CC1CCCN1C(=O)c1cccc([N+](=O)[O-])c1N. The van der Waals surface area contributed by atoms with Gasteiger partial charge in [0.25, 0.3) is 11.6 Å². The van der Waals surface area contributed by atoms with Crippen LogP contribution in [0.5, 0.6) is 0 Å². The van der Waals surface area contributed by atoms with E-state index in [0.29, 0.717) is 6.54 Å². The smallest absolute Gasteiger partial charge is 0.292 e. The number of benzene rings is 1. The first-order valence-electron chi connectivity index (χ1n) is 6.90. The molecule has 1 saturated heterocycles. The lowest BCUT2D eigenvalue weighted by molar-refractivity contribution is -0.383. The first-order valence-corrected chi connectivity index (χ1v) is 6.90. The minimum atomic E-state index is -0.562. The number of para-hydroxylation sites is 1. The average Bonchev–Trinajstić information content (AvgIpc) is 2.85. The first kappa shape index (κ1) is 15.2. The molecule has 7 nitrogen and oxygen atoms in total. The molecule has 1 aromatic rings. The van der Waals surface area contributed by atoms with E-state index in [9.17, 15) is 14.9 Å². The summed E-state index contributed by atoms with van der Waals surface area (Å²) in [6.07, 6.45) is 1.89. The van der Waals surface area contributed by atoms with Crippen molar-refractivity contribution in [3.63, 3.8) is 0 Å². The van der Waals surface area contributed by atoms with Gasteiger partial charge in [0.2, 0.25) is 0 Å². The third kappa shape index (κ3) is 3.13. The third-order valence-corrected chi connectivity index (χ3v) is 3.72. The van der Waals surface area contributed by atoms with Crippen molar-refractivity contribution in [1.82, 2.24) is 9.80 Å². The summed E-state index contributed by atoms with van der Waals surface area (Å²) in [5.74, 6) is -0.222. The molecule has 0 bridgehead atoms. The average molecular weight is 292 g/mol. The molecule has 0 radical (unpaired) electrons. The molecule has 1 aromatic carbocycles. The number of likely N-dealkylation sites (N-methyl/N-ethyl adjacent to an activating group) is 1. The number of likely N-dealkylation sites (tertiary alicyclic amines) is 1. The summed E-state index contributed by atoms with van der Waals surface area (Å²) in [6, 6.07) is 4.49. The minimum Gasteiger partial charge on any atom is -0.393 e. The fraction of sp³-hybridized carbons (Fsp3) is 0.500. The number of hydrogen-bond donors (Lipinski definition) is 1. The first-order chi connectivity index (χ1) is 9.91. The van der Waals surface area contributed by atoms with Gasteiger partial charge in [-0.2, -0.15) is 0 Å². The monoisotopic (exact) mass is 292 g/mol. The van der Waals surface area contributed by atoms with Crippen molar-refractivity contribution in [3.8, 4) is 0 Å². The Balaban J connectivity index is 2.27. The predicted molar refractivity (Wildman–Crippen MR) is 80.1 cm³/mol. The maximum atomic E-state index is 12.6. The predicted octanol–water partition coefficient (Wildman–Crippen LogP) is 1.34. The summed E-state index contributed by atoms with van der Waals surface area (Å²) in [7, 11) is 3.92. The highest BCUT2D eigenvalue weighted by molar-refractivity contribution is 6.01. The summed E-state index contributed by atoms with van der Waals surface area (Å²) in [5.41, 5.74) is 5.75. The molecule has 1 amide bonds. The second kappa shape index (κ2) is 6.09. The van der Waals surface area contributed by atoms with Crippen LogP contribution in [0.2, 0.25) is 0 Å². The van der Waals surface area contributed by atoms with Crippen molar-refractivity contribution >= 4 is 17.3 Å². The molecule has 1 fully saturated rings. The highest BCUT2D eigenvalue weighted by atomic mass is 16.6. The van der Waals surface area contributed by atoms with Crippen LogP contribution in [0, 0.1) is 10.1 Å².